The van der Waals surface area contributed by atoms with Gasteiger partial charge in [-0.1, -0.05) is 0 Å². The van der Waals surface area contributed by atoms with Crippen LogP contribution in [0.4, 0.5) is 0 Å². The first-order valence-electron chi connectivity index (χ1n) is 4.83. The molecule has 6 nitrogen and oxygen atoms in total. The van der Waals surface area contributed by atoms with Crippen molar-refractivity contribution >= 4 is 11.9 Å². The van der Waals surface area contributed by atoms with Crippen molar-refractivity contribution < 1.29 is 24.9 Å². The number of aliphatic hydroxyl groups is 2. The highest BCUT2D eigenvalue weighted by atomic mass is 16.4. The fourth-order valence-electron chi connectivity index (χ4n) is 2.80. The normalized spacial score (nSPS) is 43.4. The molecular weight excluding hydrogens is 202 g/mol. The molecule has 3 N–H and O–H groups in total. The highest BCUT2D eigenvalue weighted by molar-refractivity contribution is 5.84. The molecule has 5 atom stereocenters. The highest BCUT2D eigenvalue weighted by Gasteiger charge is 2.60. The lowest BCUT2D eigenvalue weighted by atomic mass is 9.97. The summed E-state index contributed by atoms with van der Waals surface area (Å²) in [6.07, 6.45) is -1.50. The maximum absolute atomic E-state index is 11.3. The van der Waals surface area contributed by atoms with Crippen LogP contribution in [-0.2, 0) is 9.59 Å². The molecule has 6 heteroatoms. The summed E-state index contributed by atoms with van der Waals surface area (Å²) in [5, 5.41) is 28.3. The van der Waals surface area contributed by atoms with Crippen LogP contribution in [0.5, 0.6) is 0 Å². The summed E-state index contributed by atoms with van der Waals surface area (Å²) < 4.78 is 0. The van der Waals surface area contributed by atoms with Gasteiger partial charge in [-0.05, 0) is 6.42 Å². The molecule has 15 heavy (non-hydrogen) atoms. The van der Waals surface area contributed by atoms with Gasteiger partial charge in [0.15, 0.2) is 0 Å². The number of likely N-dealkylation sites (tertiary alicyclic amines) is 1. The Labute approximate surface area is 86.1 Å². The van der Waals surface area contributed by atoms with Crippen LogP contribution >= 0.6 is 0 Å². The molecule has 0 spiro atoms. The monoisotopic (exact) mass is 215 g/mol. The molecule has 1 saturated carbocycles. The standard InChI is InChI=1S/C9H13NO5/c1-3(11)10-6(9(14)15)4-2-5(12)7(10)8(4)13/h4-8,12-13H,2H2,1H3,(H,14,15)/t4?,5-,6+,7?,8?/m1/s1. The SMILES string of the molecule is CC(=O)N1C2C(O)C(C[C@H]2O)[C@H]1C(=O)O. The van der Waals surface area contributed by atoms with Gasteiger partial charge >= 0.3 is 5.97 Å². The van der Waals surface area contributed by atoms with Gasteiger partial charge in [0.2, 0.25) is 5.91 Å². The summed E-state index contributed by atoms with van der Waals surface area (Å²) >= 11 is 0. The molecule has 1 heterocycles. The molecule has 1 amide bonds. The minimum absolute atomic E-state index is 0.243. The number of amides is 1. The Morgan fingerprint density at radius 1 is 1.33 bits per heavy atom. The van der Waals surface area contributed by atoms with E-state index in [0.29, 0.717) is 0 Å². The molecule has 1 aliphatic carbocycles. The second-order valence-electron chi connectivity index (χ2n) is 4.16. The lowest BCUT2D eigenvalue weighted by Gasteiger charge is -2.33. The third kappa shape index (κ3) is 1.25. The highest BCUT2D eigenvalue weighted by Crippen LogP contribution is 2.42. The van der Waals surface area contributed by atoms with Crippen molar-refractivity contribution in [1.82, 2.24) is 4.90 Å². The van der Waals surface area contributed by atoms with Crippen LogP contribution in [0.1, 0.15) is 13.3 Å². The van der Waals surface area contributed by atoms with E-state index >= 15 is 0 Å². The van der Waals surface area contributed by atoms with E-state index in [9.17, 15) is 19.8 Å². The van der Waals surface area contributed by atoms with Crippen molar-refractivity contribution in [3.8, 4) is 0 Å². The molecule has 0 aromatic heterocycles. The molecule has 1 aliphatic heterocycles. The fraction of sp³-hybridized carbons (Fsp3) is 0.778. The molecular formula is C9H13NO5. The zero-order valence-electron chi connectivity index (χ0n) is 8.20. The lowest BCUT2D eigenvalue weighted by Crippen LogP contribution is -2.53. The van der Waals surface area contributed by atoms with Crippen molar-refractivity contribution in [3.05, 3.63) is 0 Å². The minimum Gasteiger partial charge on any atom is -0.480 e. The number of aliphatic hydroxyl groups excluding tert-OH is 2. The summed E-state index contributed by atoms with van der Waals surface area (Å²) in [7, 11) is 0. The van der Waals surface area contributed by atoms with Crippen molar-refractivity contribution in [2.45, 2.75) is 37.6 Å². The number of hydrogen-bond donors (Lipinski definition) is 3. The molecule has 2 rings (SSSR count). The largest absolute Gasteiger partial charge is 0.480 e. The van der Waals surface area contributed by atoms with Crippen LogP contribution < -0.4 is 0 Å². The summed E-state index contributed by atoms with van der Waals surface area (Å²) in [4.78, 5) is 23.3. The average molecular weight is 215 g/mol. The maximum Gasteiger partial charge on any atom is 0.326 e. The van der Waals surface area contributed by atoms with Crippen LogP contribution in [0, 0.1) is 5.92 Å². The van der Waals surface area contributed by atoms with Gasteiger partial charge in [-0.3, -0.25) is 4.79 Å². The van der Waals surface area contributed by atoms with Crippen LogP contribution in [0.15, 0.2) is 0 Å². The van der Waals surface area contributed by atoms with Gasteiger partial charge in [0, 0.05) is 12.8 Å². The second-order valence-corrected chi connectivity index (χ2v) is 4.16. The number of carbonyl (C=O) groups is 2. The third-order valence-electron chi connectivity index (χ3n) is 3.34. The van der Waals surface area contributed by atoms with Crippen molar-refractivity contribution in [1.29, 1.82) is 0 Å². The van der Waals surface area contributed by atoms with E-state index in [-0.39, 0.29) is 6.42 Å². The number of carboxylic acids is 1. The van der Waals surface area contributed by atoms with Gasteiger partial charge in [0.05, 0.1) is 18.2 Å². The Morgan fingerprint density at radius 2 is 1.93 bits per heavy atom. The van der Waals surface area contributed by atoms with Gasteiger partial charge in [0.1, 0.15) is 6.04 Å². The van der Waals surface area contributed by atoms with Gasteiger partial charge in [-0.2, -0.15) is 0 Å². The van der Waals surface area contributed by atoms with Crippen LogP contribution in [-0.4, -0.2) is 56.4 Å². The van der Waals surface area contributed by atoms with E-state index in [0.717, 1.165) is 4.90 Å². The Morgan fingerprint density at radius 3 is 2.40 bits per heavy atom. The predicted octanol–water partition coefficient (Wildman–Crippen LogP) is -1.59. The van der Waals surface area contributed by atoms with Crippen molar-refractivity contribution in [2.75, 3.05) is 0 Å². The van der Waals surface area contributed by atoms with Gasteiger partial charge < -0.3 is 20.2 Å². The molecule has 2 aliphatic rings. The Kier molecular flexibility index (Phi) is 2.20. The molecule has 3 unspecified atom stereocenters. The number of rotatable bonds is 1. The van der Waals surface area contributed by atoms with Crippen LogP contribution in [0.2, 0.25) is 0 Å². The van der Waals surface area contributed by atoms with E-state index in [2.05, 4.69) is 0 Å². The Balaban J connectivity index is 2.35. The van der Waals surface area contributed by atoms with Crippen LogP contribution in [0.3, 0.4) is 0 Å². The van der Waals surface area contributed by atoms with E-state index in [1.807, 2.05) is 0 Å². The zero-order chi connectivity index (χ0) is 11.3. The van der Waals surface area contributed by atoms with Gasteiger partial charge in [0.25, 0.3) is 0 Å². The maximum atomic E-state index is 11.3. The summed E-state index contributed by atoms with van der Waals surface area (Å²) in [6.45, 7) is 1.25. The predicted molar refractivity (Wildman–Crippen MR) is 47.9 cm³/mol. The molecule has 0 aromatic rings. The number of aliphatic carboxylic acids is 1. The Bertz CT molecular complexity index is 318. The number of carboxylic acid groups (broad SMARTS) is 1. The molecule has 2 fully saturated rings. The van der Waals surface area contributed by atoms with Crippen molar-refractivity contribution in [3.63, 3.8) is 0 Å². The summed E-state index contributed by atoms with van der Waals surface area (Å²) in [5.74, 6) is -2.09. The second kappa shape index (κ2) is 3.18. The van der Waals surface area contributed by atoms with Gasteiger partial charge in [-0.15, -0.1) is 0 Å². The van der Waals surface area contributed by atoms with E-state index in [4.69, 9.17) is 5.11 Å². The molecule has 0 aromatic carbocycles. The number of carbonyl (C=O) groups excluding carboxylic acids is 1. The quantitative estimate of drug-likeness (QED) is 0.490. The van der Waals surface area contributed by atoms with E-state index < -0.39 is 42.1 Å². The number of piperidine rings is 1. The lowest BCUT2D eigenvalue weighted by molar-refractivity contribution is -0.154. The first kappa shape index (κ1) is 10.4. The number of nitrogens with zero attached hydrogens (tertiary/aromatic N) is 1. The number of fused-ring (bicyclic) bond motifs is 2. The molecule has 0 radical (unpaired) electrons. The fourth-order valence-corrected chi connectivity index (χ4v) is 2.80. The summed E-state index contributed by atoms with van der Waals surface area (Å²) in [5.41, 5.74) is 0. The topological polar surface area (TPSA) is 98.1 Å². The third-order valence-corrected chi connectivity index (χ3v) is 3.34. The van der Waals surface area contributed by atoms with E-state index in [1.165, 1.54) is 6.92 Å². The van der Waals surface area contributed by atoms with Gasteiger partial charge in [-0.25, -0.2) is 4.79 Å². The van der Waals surface area contributed by atoms with Crippen LogP contribution in [0.25, 0.3) is 0 Å². The number of hydrogen-bond acceptors (Lipinski definition) is 4. The first-order valence-corrected chi connectivity index (χ1v) is 4.83. The smallest absolute Gasteiger partial charge is 0.326 e. The van der Waals surface area contributed by atoms with E-state index in [1.54, 1.807) is 0 Å². The molecule has 84 valence electrons. The Hall–Kier alpha value is -1.14. The minimum atomic E-state index is -1.12. The summed E-state index contributed by atoms with van der Waals surface area (Å²) in [6, 6.07) is -1.75. The van der Waals surface area contributed by atoms with Crippen molar-refractivity contribution in [2.24, 2.45) is 5.92 Å². The average Bonchev–Trinajstić information content (AvgIpc) is 2.54. The molecule has 2 bridgehead atoms. The zero-order valence-corrected chi connectivity index (χ0v) is 8.20. The first-order chi connectivity index (χ1) is 6.95. The molecule has 1 saturated heterocycles.